The molecule has 0 saturated carbocycles. The SMILES string of the molecule is COc1ccc(CC(N)Cc2cc(Cl)ccc2F)cc1. The van der Waals surface area contributed by atoms with Crippen molar-refractivity contribution in [2.24, 2.45) is 5.73 Å². The van der Waals surface area contributed by atoms with Crippen molar-refractivity contribution in [2.45, 2.75) is 18.9 Å². The van der Waals surface area contributed by atoms with E-state index in [4.69, 9.17) is 22.1 Å². The molecule has 4 heteroatoms. The lowest BCUT2D eigenvalue weighted by Gasteiger charge is -2.13. The average Bonchev–Trinajstić information content (AvgIpc) is 2.43. The molecule has 2 nitrogen and oxygen atoms in total. The zero-order chi connectivity index (χ0) is 14.5. The Hall–Kier alpha value is -1.58. The summed E-state index contributed by atoms with van der Waals surface area (Å²) < 4.78 is 18.7. The monoisotopic (exact) mass is 293 g/mol. The predicted molar refractivity (Wildman–Crippen MR) is 79.8 cm³/mol. The Balaban J connectivity index is 2.00. The molecule has 0 radical (unpaired) electrons. The van der Waals surface area contributed by atoms with Crippen LogP contribution in [0.3, 0.4) is 0 Å². The van der Waals surface area contributed by atoms with Gasteiger partial charge in [0.25, 0.3) is 0 Å². The Kier molecular flexibility index (Phi) is 4.99. The predicted octanol–water partition coefficient (Wildman–Crippen LogP) is 3.60. The van der Waals surface area contributed by atoms with Gasteiger partial charge in [0.1, 0.15) is 11.6 Å². The summed E-state index contributed by atoms with van der Waals surface area (Å²) in [5.41, 5.74) is 7.74. The molecule has 0 bridgehead atoms. The summed E-state index contributed by atoms with van der Waals surface area (Å²) in [5.74, 6) is 0.544. The summed E-state index contributed by atoms with van der Waals surface area (Å²) in [6, 6.07) is 12.1. The molecule has 0 spiro atoms. The summed E-state index contributed by atoms with van der Waals surface area (Å²) in [7, 11) is 1.63. The lowest BCUT2D eigenvalue weighted by molar-refractivity contribution is 0.414. The maximum absolute atomic E-state index is 13.6. The Morgan fingerprint density at radius 2 is 1.85 bits per heavy atom. The van der Waals surface area contributed by atoms with Crippen LogP contribution in [-0.4, -0.2) is 13.2 Å². The van der Waals surface area contributed by atoms with E-state index >= 15 is 0 Å². The van der Waals surface area contributed by atoms with Crippen LogP contribution >= 0.6 is 11.6 Å². The first-order chi connectivity index (χ1) is 9.58. The van der Waals surface area contributed by atoms with Gasteiger partial charge in [0, 0.05) is 11.1 Å². The van der Waals surface area contributed by atoms with Crippen molar-refractivity contribution in [3.63, 3.8) is 0 Å². The van der Waals surface area contributed by atoms with E-state index in [-0.39, 0.29) is 11.9 Å². The molecular formula is C16H17ClFNO. The minimum atomic E-state index is -0.264. The topological polar surface area (TPSA) is 35.2 Å². The van der Waals surface area contributed by atoms with E-state index < -0.39 is 0 Å². The van der Waals surface area contributed by atoms with E-state index in [1.54, 1.807) is 13.2 Å². The van der Waals surface area contributed by atoms with Crippen LogP contribution in [0, 0.1) is 5.82 Å². The van der Waals surface area contributed by atoms with Gasteiger partial charge in [-0.25, -0.2) is 4.39 Å². The van der Waals surface area contributed by atoms with Gasteiger partial charge in [-0.2, -0.15) is 0 Å². The van der Waals surface area contributed by atoms with Crippen LogP contribution in [0.2, 0.25) is 5.02 Å². The average molecular weight is 294 g/mol. The lowest BCUT2D eigenvalue weighted by Crippen LogP contribution is -2.26. The lowest BCUT2D eigenvalue weighted by atomic mass is 9.99. The van der Waals surface area contributed by atoms with Crippen LogP contribution in [0.5, 0.6) is 5.75 Å². The Morgan fingerprint density at radius 3 is 2.50 bits per heavy atom. The standard InChI is InChI=1S/C16H17ClFNO/c1-20-15-5-2-11(3-6-15)8-14(19)10-12-9-13(17)4-7-16(12)18/h2-7,9,14H,8,10,19H2,1H3. The molecule has 2 N–H and O–H groups in total. The third-order valence-corrected chi connectivity index (χ3v) is 3.38. The molecule has 1 atom stereocenters. The zero-order valence-corrected chi connectivity index (χ0v) is 12.0. The quantitative estimate of drug-likeness (QED) is 0.914. The van der Waals surface area contributed by atoms with E-state index in [2.05, 4.69) is 0 Å². The highest BCUT2D eigenvalue weighted by Crippen LogP contribution is 2.18. The van der Waals surface area contributed by atoms with Gasteiger partial charge < -0.3 is 10.5 Å². The molecule has 0 amide bonds. The first-order valence-corrected chi connectivity index (χ1v) is 6.78. The second kappa shape index (κ2) is 6.73. The molecule has 2 rings (SSSR count). The van der Waals surface area contributed by atoms with E-state index in [0.29, 0.717) is 23.4 Å². The molecule has 0 aliphatic heterocycles. The molecule has 106 valence electrons. The number of halogens is 2. The van der Waals surface area contributed by atoms with Crippen molar-refractivity contribution in [1.82, 2.24) is 0 Å². The van der Waals surface area contributed by atoms with Crippen LogP contribution < -0.4 is 10.5 Å². The third-order valence-electron chi connectivity index (χ3n) is 3.15. The van der Waals surface area contributed by atoms with Gasteiger partial charge in [-0.3, -0.25) is 0 Å². The Labute approximate surface area is 123 Å². The Morgan fingerprint density at radius 1 is 1.15 bits per heavy atom. The van der Waals surface area contributed by atoms with Crippen LogP contribution in [0.4, 0.5) is 4.39 Å². The number of hydrogen-bond donors (Lipinski definition) is 1. The van der Waals surface area contributed by atoms with Gasteiger partial charge in [-0.1, -0.05) is 23.7 Å². The fraction of sp³-hybridized carbons (Fsp3) is 0.250. The normalized spacial score (nSPS) is 12.2. The van der Waals surface area contributed by atoms with Gasteiger partial charge in [-0.15, -0.1) is 0 Å². The molecular weight excluding hydrogens is 277 g/mol. The largest absolute Gasteiger partial charge is 0.497 e. The van der Waals surface area contributed by atoms with Gasteiger partial charge >= 0.3 is 0 Å². The highest BCUT2D eigenvalue weighted by molar-refractivity contribution is 6.30. The molecule has 0 fully saturated rings. The number of rotatable bonds is 5. The number of nitrogens with two attached hydrogens (primary N) is 1. The maximum atomic E-state index is 13.6. The molecule has 2 aromatic rings. The van der Waals surface area contributed by atoms with Gasteiger partial charge in [0.05, 0.1) is 7.11 Å². The van der Waals surface area contributed by atoms with Gasteiger partial charge in [0.2, 0.25) is 0 Å². The van der Waals surface area contributed by atoms with Crippen molar-refractivity contribution >= 4 is 11.6 Å². The number of benzene rings is 2. The summed E-state index contributed by atoms with van der Waals surface area (Å²) in [5, 5.41) is 0.526. The molecule has 0 aliphatic carbocycles. The zero-order valence-electron chi connectivity index (χ0n) is 11.3. The van der Waals surface area contributed by atoms with Crippen LogP contribution in [0.15, 0.2) is 42.5 Å². The molecule has 0 aromatic heterocycles. The Bertz CT molecular complexity index is 571. The molecule has 20 heavy (non-hydrogen) atoms. The molecule has 2 aromatic carbocycles. The van der Waals surface area contributed by atoms with Crippen molar-refractivity contribution in [3.8, 4) is 5.75 Å². The second-order valence-corrected chi connectivity index (χ2v) is 5.19. The minimum Gasteiger partial charge on any atom is -0.497 e. The maximum Gasteiger partial charge on any atom is 0.126 e. The van der Waals surface area contributed by atoms with E-state index in [0.717, 1.165) is 11.3 Å². The van der Waals surface area contributed by atoms with E-state index in [1.165, 1.54) is 12.1 Å². The van der Waals surface area contributed by atoms with Crippen molar-refractivity contribution in [3.05, 3.63) is 64.4 Å². The number of methoxy groups -OCH3 is 1. The van der Waals surface area contributed by atoms with Crippen LogP contribution in [-0.2, 0) is 12.8 Å². The number of ether oxygens (including phenoxy) is 1. The van der Waals surface area contributed by atoms with Crippen LogP contribution in [0.1, 0.15) is 11.1 Å². The third kappa shape index (κ3) is 3.95. The number of hydrogen-bond acceptors (Lipinski definition) is 2. The van der Waals surface area contributed by atoms with E-state index in [1.807, 2.05) is 24.3 Å². The molecule has 1 unspecified atom stereocenters. The van der Waals surface area contributed by atoms with Crippen molar-refractivity contribution in [1.29, 1.82) is 0 Å². The summed E-state index contributed by atoms with van der Waals surface area (Å²) in [6.07, 6.45) is 1.13. The fourth-order valence-corrected chi connectivity index (χ4v) is 2.31. The highest BCUT2D eigenvalue weighted by Gasteiger charge is 2.10. The van der Waals surface area contributed by atoms with E-state index in [9.17, 15) is 4.39 Å². The van der Waals surface area contributed by atoms with Crippen molar-refractivity contribution < 1.29 is 9.13 Å². The van der Waals surface area contributed by atoms with Crippen molar-refractivity contribution in [2.75, 3.05) is 7.11 Å². The van der Waals surface area contributed by atoms with Gasteiger partial charge in [-0.05, 0) is 54.3 Å². The molecule has 0 aliphatic rings. The summed E-state index contributed by atoms with van der Waals surface area (Å²) in [6.45, 7) is 0. The molecule has 0 heterocycles. The highest BCUT2D eigenvalue weighted by atomic mass is 35.5. The fourth-order valence-electron chi connectivity index (χ4n) is 2.12. The second-order valence-electron chi connectivity index (χ2n) is 4.75. The van der Waals surface area contributed by atoms with Gasteiger partial charge in [0.15, 0.2) is 0 Å². The van der Waals surface area contributed by atoms with Crippen LogP contribution in [0.25, 0.3) is 0 Å². The molecule has 0 saturated heterocycles. The minimum absolute atomic E-state index is 0.156. The first kappa shape index (κ1) is 14.8. The first-order valence-electron chi connectivity index (χ1n) is 6.41. The smallest absolute Gasteiger partial charge is 0.126 e. The summed E-state index contributed by atoms with van der Waals surface area (Å²) >= 11 is 5.87. The summed E-state index contributed by atoms with van der Waals surface area (Å²) in [4.78, 5) is 0.